The average Bonchev–Trinajstić information content (AvgIpc) is 2.74. The van der Waals surface area contributed by atoms with Gasteiger partial charge >= 0.3 is 0 Å². The van der Waals surface area contributed by atoms with E-state index in [1.54, 1.807) is 4.52 Å². The minimum Gasteiger partial charge on any atom is -0.368 e. The van der Waals surface area contributed by atoms with Crippen molar-refractivity contribution in [3.63, 3.8) is 0 Å². The fourth-order valence-electron chi connectivity index (χ4n) is 1.77. The Hall–Kier alpha value is -1.69. The number of anilines is 1. The molecule has 92 valence electrons. The second-order valence-corrected chi connectivity index (χ2v) is 4.18. The lowest BCUT2D eigenvalue weighted by Gasteiger charge is -2.13. The molecule has 1 unspecified atom stereocenters. The third kappa shape index (κ3) is 2.71. The molecule has 0 aliphatic rings. The molecular weight excluding hydrogens is 216 g/mol. The Balaban J connectivity index is 2.14. The predicted octanol–water partition coefficient (Wildman–Crippen LogP) is 0.972. The summed E-state index contributed by atoms with van der Waals surface area (Å²) >= 11 is 0. The number of nitrogens with two attached hydrogens (primary N) is 1. The van der Waals surface area contributed by atoms with Crippen LogP contribution in [0.5, 0.6) is 0 Å². The summed E-state index contributed by atoms with van der Waals surface area (Å²) in [5.74, 6) is 1.49. The molecule has 0 bridgehead atoms. The topological polar surface area (TPSA) is 81.1 Å². The van der Waals surface area contributed by atoms with Crippen LogP contribution in [0, 0.1) is 6.92 Å². The quantitative estimate of drug-likeness (QED) is 0.805. The molecule has 0 radical (unpaired) electrons. The molecule has 0 saturated heterocycles. The highest BCUT2D eigenvalue weighted by atomic mass is 15.3. The lowest BCUT2D eigenvalue weighted by atomic mass is 10.2. The van der Waals surface area contributed by atoms with Gasteiger partial charge in [0.2, 0.25) is 0 Å². The zero-order chi connectivity index (χ0) is 12.3. The summed E-state index contributed by atoms with van der Waals surface area (Å²) < 4.78 is 1.69. The molecule has 0 amide bonds. The second-order valence-electron chi connectivity index (χ2n) is 4.18. The van der Waals surface area contributed by atoms with Gasteiger partial charge in [-0.3, -0.25) is 0 Å². The first-order valence-electron chi connectivity index (χ1n) is 5.87. The third-order valence-corrected chi connectivity index (χ3v) is 2.58. The molecule has 2 heterocycles. The lowest BCUT2D eigenvalue weighted by Crippen LogP contribution is -2.29. The summed E-state index contributed by atoms with van der Waals surface area (Å²) in [4.78, 5) is 8.35. The molecule has 0 aliphatic heterocycles. The number of hydrogen-bond acceptors (Lipinski definition) is 5. The number of nitrogens with zero attached hydrogens (tertiary/aromatic N) is 4. The smallest absolute Gasteiger partial charge is 0.254 e. The van der Waals surface area contributed by atoms with Crippen molar-refractivity contribution in [1.29, 1.82) is 0 Å². The van der Waals surface area contributed by atoms with Gasteiger partial charge in [0.25, 0.3) is 5.78 Å². The lowest BCUT2D eigenvalue weighted by molar-refractivity contribution is 0.624. The molecule has 0 fully saturated rings. The zero-order valence-corrected chi connectivity index (χ0v) is 10.2. The molecule has 2 rings (SSSR count). The van der Waals surface area contributed by atoms with Crippen LogP contribution in [0.25, 0.3) is 5.78 Å². The largest absolute Gasteiger partial charge is 0.368 e. The molecule has 0 aromatic carbocycles. The predicted molar refractivity (Wildman–Crippen MR) is 66.9 cm³/mol. The Morgan fingerprint density at radius 3 is 3.12 bits per heavy atom. The Morgan fingerprint density at radius 1 is 1.53 bits per heavy atom. The number of aromatic nitrogens is 4. The maximum Gasteiger partial charge on any atom is 0.254 e. The van der Waals surface area contributed by atoms with E-state index in [-0.39, 0.29) is 6.04 Å². The van der Waals surface area contributed by atoms with Crippen LogP contribution in [0.15, 0.2) is 12.4 Å². The van der Waals surface area contributed by atoms with Crippen LogP contribution in [-0.2, 0) is 0 Å². The summed E-state index contributed by atoms with van der Waals surface area (Å²) in [5.41, 5.74) is 6.88. The highest BCUT2D eigenvalue weighted by Crippen LogP contribution is 2.10. The molecule has 3 N–H and O–H groups in total. The maximum absolute atomic E-state index is 5.97. The van der Waals surface area contributed by atoms with Gasteiger partial charge in [0.05, 0.1) is 0 Å². The van der Waals surface area contributed by atoms with Crippen LogP contribution in [0.4, 0.5) is 5.82 Å². The van der Waals surface area contributed by atoms with Crippen molar-refractivity contribution in [3.8, 4) is 0 Å². The summed E-state index contributed by atoms with van der Waals surface area (Å²) in [7, 11) is 0. The first-order chi connectivity index (χ1) is 8.20. The molecule has 1 atom stereocenters. The first kappa shape index (κ1) is 11.8. The highest BCUT2D eigenvalue weighted by Gasteiger charge is 2.06. The third-order valence-electron chi connectivity index (χ3n) is 2.58. The van der Waals surface area contributed by atoms with Gasteiger partial charge in [-0.2, -0.15) is 14.6 Å². The van der Waals surface area contributed by atoms with Crippen LogP contribution in [0.2, 0.25) is 0 Å². The van der Waals surface area contributed by atoms with Gasteiger partial charge in [-0.15, -0.1) is 0 Å². The molecule has 2 aromatic heterocycles. The standard InChI is InChI=1S/C11H18N6/c1-3-4-9(12)6-13-10-5-8(2)16-11-14-7-15-17(10)11/h5,7,9,13H,3-4,6,12H2,1-2H3. The van der Waals surface area contributed by atoms with Crippen LogP contribution in [0.1, 0.15) is 25.5 Å². The zero-order valence-electron chi connectivity index (χ0n) is 10.2. The van der Waals surface area contributed by atoms with Gasteiger partial charge in [0.15, 0.2) is 0 Å². The van der Waals surface area contributed by atoms with Crippen LogP contribution in [-0.4, -0.2) is 32.2 Å². The van der Waals surface area contributed by atoms with E-state index in [0.29, 0.717) is 5.78 Å². The summed E-state index contributed by atoms with van der Waals surface area (Å²) in [6.07, 6.45) is 3.60. The maximum atomic E-state index is 5.97. The number of aryl methyl sites for hydroxylation is 1. The van der Waals surface area contributed by atoms with E-state index >= 15 is 0 Å². The molecular formula is C11H18N6. The van der Waals surface area contributed by atoms with Crippen molar-refractivity contribution in [2.75, 3.05) is 11.9 Å². The summed E-state index contributed by atoms with van der Waals surface area (Å²) in [6, 6.07) is 2.10. The summed E-state index contributed by atoms with van der Waals surface area (Å²) in [6.45, 7) is 4.80. The SMILES string of the molecule is CCCC(N)CNc1cc(C)nc2ncnn12. The number of hydrogen-bond donors (Lipinski definition) is 2. The highest BCUT2D eigenvalue weighted by molar-refractivity contribution is 5.44. The van der Waals surface area contributed by atoms with E-state index in [4.69, 9.17) is 5.73 Å². The van der Waals surface area contributed by atoms with Gasteiger partial charge < -0.3 is 11.1 Å². The average molecular weight is 234 g/mol. The van der Waals surface area contributed by atoms with Crippen molar-refractivity contribution >= 4 is 11.6 Å². The fraction of sp³-hybridized carbons (Fsp3) is 0.545. The number of nitrogens with one attached hydrogen (secondary N) is 1. The normalized spacial score (nSPS) is 12.9. The van der Waals surface area contributed by atoms with E-state index in [1.807, 2.05) is 13.0 Å². The first-order valence-corrected chi connectivity index (χ1v) is 5.87. The molecule has 2 aromatic rings. The molecule has 17 heavy (non-hydrogen) atoms. The van der Waals surface area contributed by atoms with Crippen molar-refractivity contribution in [2.24, 2.45) is 5.73 Å². The van der Waals surface area contributed by atoms with Crippen LogP contribution >= 0.6 is 0 Å². The van der Waals surface area contributed by atoms with Crippen LogP contribution in [0.3, 0.4) is 0 Å². The molecule has 0 saturated carbocycles. The fourth-order valence-corrected chi connectivity index (χ4v) is 1.77. The van der Waals surface area contributed by atoms with Crippen molar-refractivity contribution in [2.45, 2.75) is 32.7 Å². The van der Waals surface area contributed by atoms with Gasteiger partial charge in [-0.05, 0) is 13.3 Å². The van der Waals surface area contributed by atoms with Gasteiger partial charge in [0, 0.05) is 24.3 Å². The molecule has 6 heteroatoms. The minimum atomic E-state index is 0.159. The molecule has 6 nitrogen and oxygen atoms in total. The van der Waals surface area contributed by atoms with E-state index in [0.717, 1.165) is 30.9 Å². The van der Waals surface area contributed by atoms with E-state index in [9.17, 15) is 0 Å². The monoisotopic (exact) mass is 234 g/mol. The Kier molecular flexibility index (Phi) is 3.53. The second kappa shape index (κ2) is 5.09. The minimum absolute atomic E-state index is 0.159. The van der Waals surface area contributed by atoms with Gasteiger partial charge in [-0.1, -0.05) is 13.3 Å². The molecule has 0 aliphatic carbocycles. The number of rotatable bonds is 5. The Labute approximate surface area is 100 Å². The van der Waals surface area contributed by atoms with E-state index in [2.05, 4.69) is 27.3 Å². The van der Waals surface area contributed by atoms with E-state index < -0.39 is 0 Å². The molecule has 0 spiro atoms. The van der Waals surface area contributed by atoms with Crippen molar-refractivity contribution in [1.82, 2.24) is 19.6 Å². The van der Waals surface area contributed by atoms with Crippen molar-refractivity contribution in [3.05, 3.63) is 18.1 Å². The Bertz CT molecular complexity index is 492. The Morgan fingerprint density at radius 2 is 2.35 bits per heavy atom. The summed E-state index contributed by atoms with van der Waals surface area (Å²) in [5, 5.41) is 7.42. The van der Waals surface area contributed by atoms with Crippen molar-refractivity contribution < 1.29 is 0 Å². The number of fused-ring (bicyclic) bond motifs is 1. The van der Waals surface area contributed by atoms with Crippen LogP contribution < -0.4 is 11.1 Å². The van der Waals surface area contributed by atoms with Gasteiger partial charge in [0.1, 0.15) is 12.1 Å². The van der Waals surface area contributed by atoms with E-state index in [1.165, 1.54) is 6.33 Å². The van der Waals surface area contributed by atoms with Gasteiger partial charge in [-0.25, -0.2) is 4.98 Å².